The summed E-state index contributed by atoms with van der Waals surface area (Å²) < 4.78 is 62.6. The summed E-state index contributed by atoms with van der Waals surface area (Å²) in [5.74, 6) is -0.747. The Kier molecular flexibility index (Phi) is 6.54. The van der Waals surface area contributed by atoms with Crippen LogP contribution in [0.15, 0.2) is 24.3 Å². The van der Waals surface area contributed by atoms with Gasteiger partial charge in [0, 0.05) is 5.69 Å². The Labute approximate surface area is 132 Å². The van der Waals surface area contributed by atoms with Gasteiger partial charge in [-0.2, -0.15) is 13.2 Å². The van der Waals surface area contributed by atoms with Crippen molar-refractivity contribution in [1.29, 1.82) is 0 Å². The van der Waals surface area contributed by atoms with Crippen molar-refractivity contribution in [3.05, 3.63) is 29.8 Å². The number of amides is 1. The Balaban J connectivity index is 2.89. The largest absolute Gasteiger partial charge is 0.416 e. The summed E-state index contributed by atoms with van der Waals surface area (Å²) in [4.78, 5) is 12.1. The van der Waals surface area contributed by atoms with Crippen molar-refractivity contribution < 1.29 is 26.4 Å². The third-order valence-corrected chi connectivity index (χ3v) is 3.54. The number of hydrogen-bond donors (Lipinski definition) is 3. The Morgan fingerprint density at radius 3 is 2.52 bits per heavy atom. The van der Waals surface area contributed by atoms with Gasteiger partial charge in [-0.1, -0.05) is 6.07 Å². The molecule has 0 bridgehead atoms. The molecule has 0 spiro atoms. The monoisotopic (exact) mass is 353 g/mol. The van der Waals surface area contributed by atoms with E-state index < -0.39 is 33.7 Å². The van der Waals surface area contributed by atoms with Crippen molar-refractivity contribution in [1.82, 2.24) is 4.72 Å². The molecule has 4 N–H and O–H groups in total. The molecular formula is C13H18F3N3O3S. The van der Waals surface area contributed by atoms with Crippen molar-refractivity contribution >= 4 is 21.6 Å². The number of halogens is 3. The predicted molar refractivity (Wildman–Crippen MR) is 80.1 cm³/mol. The maximum absolute atomic E-state index is 12.6. The summed E-state index contributed by atoms with van der Waals surface area (Å²) >= 11 is 0. The molecule has 0 aromatic heterocycles. The van der Waals surface area contributed by atoms with Gasteiger partial charge in [0.1, 0.15) is 6.04 Å². The molecule has 1 amide bonds. The minimum atomic E-state index is -4.54. The zero-order valence-corrected chi connectivity index (χ0v) is 13.2. The van der Waals surface area contributed by atoms with Crippen LogP contribution < -0.4 is 15.8 Å². The van der Waals surface area contributed by atoms with Gasteiger partial charge in [-0.25, -0.2) is 13.1 Å². The first-order valence-electron chi connectivity index (χ1n) is 6.68. The summed E-state index contributed by atoms with van der Waals surface area (Å²) in [6.45, 7) is 0.249. The van der Waals surface area contributed by atoms with Crippen LogP contribution >= 0.6 is 0 Å². The van der Waals surface area contributed by atoms with E-state index in [0.29, 0.717) is 6.42 Å². The molecule has 1 aromatic carbocycles. The topological polar surface area (TPSA) is 101 Å². The fraction of sp³-hybridized carbons (Fsp3) is 0.462. The first kappa shape index (κ1) is 19.4. The highest BCUT2D eigenvalue weighted by Gasteiger charge is 2.30. The molecule has 10 heteroatoms. The van der Waals surface area contributed by atoms with Gasteiger partial charge in [0.15, 0.2) is 0 Å². The normalized spacial score (nSPS) is 13.6. The predicted octanol–water partition coefficient (Wildman–Crippen LogP) is 1.30. The molecule has 0 heterocycles. The minimum absolute atomic E-state index is 0.0714. The maximum atomic E-state index is 12.6. The first-order chi connectivity index (χ1) is 10.5. The van der Waals surface area contributed by atoms with E-state index in [1.54, 1.807) is 0 Å². The summed E-state index contributed by atoms with van der Waals surface area (Å²) in [7, 11) is -3.65. The highest BCUT2D eigenvalue weighted by molar-refractivity contribution is 7.88. The lowest BCUT2D eigenvalue weighted by molar-refractivity contribution is -0.137. The van der Waals surface area contributed by atoms with E-state index in [1.807, 2.05) is 0 Å². The number of sulfonamides is 1. The van der Waals surface area contributed by atoms with Gasteiger partial charge < -0.3 is 11.1 Å². The molecule has 130 valence electrons. The first-order valence-corrected chi connectivity index (χ1v) is 8.57. The molecule has 0 unspecified atom stereocenters. The fourth-order valence-electron chi connectivity index (χ4n) is 1.83. The van der Waals surface area contributed by atoms with Gasteiger partial charge in [0.25, 0.3) is 0 Å². The molecule has 1 aromatic rings. The SMILES string of the molecule is CS(=O)(=O)N[C@@H](CCCN)C(=O)Nc1cccc(C(F)(F)F)c1. The van der Waals surface area contributed by atoms with Crippen molar-refractivity contribution in [2.75, 3.05) is 18.1 Å². The van der Waals surface area contributed by atoms with E-state index >= 15 is 0 Å². The number of nitrogens with two attached hydrogens (primary N) is 1. The van der Waals surface area contributed by atoms with E-state index in [9.17, 15) is 26.4 Å². The number of alkyl halides is 3. The zero-order chi connectivity index (χ0) is 17.7. The Morgan fingerprint density at radius 1 is 1.35 bits per heavy atom. The highest BCUT2D eigenvalue weighted by atomic mass is 32.2. The number of carbonyl (C=O) groups is 1. The van der Waals surface area contributed by atoms with Gasteiger partial charge in [0.05, 0.1) is 11.8 Å². The van der Waals surface area contributed by atoms with Gasteiger partial charge in [-0.05, 0) is 37.6 Å². The minimum Gasteiger partial charge on any atom is -0.330 e. The summed E-state index contributed by atoms with van der Waals surface area (Å²) in [6.07, 6.45) is -3.14. The average molecular weight is 353 g/mol. The lowest BCUT2D eigenvalue weighted by Gasteiger charge is -2.17. The molecule has 0 aliphatic carbocycles. The second kappa shape index (κ2) is 7.75. The molecular weight excluding hydrogens is 335 g/mol. The Bertz CT molecular complexity index is 647. The van der Waals surface area contributed by atoms with Crippen LogP contribution in [0.2, 0.25) is 0 Å². The number of carbonyl (C=O) groups excluding carboxylic acids is 1. The standard InChI is InChI=1S/C13H18F3N3O3S/c1-23(21,22)19-11(6-3-7-17)12(20)18-10-5-2-4-9(8-10)13(14,15)16/h2,4-5,8,11,19H,3,6-7,17H2,1H3,(H,18,20)/t11-/m0/s1. The van der Waals surface area contributed by atoms with Gasteiger partial charge in [-0.15, -0.1) is 0 Å². The molecule has 1 atom stereocenters. The van der Waals surface area contributed by atoms with E-state index in [2.05, 4.69) is 10.0 Å². The van der Waals surface area contributed by atoms with Crippen LogP contribution in [0.5, 0.6) is 0 Å². The molecule has 0 aliphatic heterocycles. The van der Waals surface area contributed by atoms with E-state index in [0.717, 1.165) is 24.5 Å². The summed E-state index contributed by atoms with van der Waals surface area (Å²) in [6, 6.07) is 2.97. The number of anilines is 1. The maximum Gasteiger partial charge on any atom is 0.416 e. The van der Waals surface area contributed by atoms with Crippen LogP contribution in [0.1, 0.15) is 18.4 Å². The Morgan fingerprint density at radius 2 is 2.00 bits per heavy atom. The molecule has 1 rings (SSSR count). The van der Waals surface area contributed by atoms with E-state index in [-0.39, 0.29) is 18.7 Å². The van der Waals surface area contributed by atoms with Crippen molar-refractivity contribution in [2.24, 2.45) is 5.73 Å². The molecule has 0 aliphatic rings. The number of benzene rings is 1. The fourth-order valence-corrected chi connectivity index (χ4v) is 2.57. The van der Waals surface area contributed by atoms with Crippen LogP contribution in [-0.4, -0.2) is 33.2 Å². The van der Waals surface area contributed by atoms with Crippen molar-refractivity contribution in [2.45, 2.75) is 25.1 Å². The smallest absolute Gasteiger partial charge is 0.330 e. The van der Waals surface area contributed by atoms with Gasteiger partial charge >= 0.3 is 6.18 Å². The Hall–Kier alpha value is -1.65. The number of nitrogens with one attached hydrogen (secondary N) is 2. The van der Waals surface area contributed by atoms with Crippen molar-refractivity contribution in [3.63, 3.8) is 0 Å². The molecule has 0 saturated heterocycles. The molecule has 0 fully saturated rings. The highest BCUT2D eigenvalue weighted by Crippen LogP contribution is 2.30. The molecule has 0 radical (unpaired) electrons. The second-order valence-electron chi connectivity index (χ2n) is 4.94. The molecule has 0 saturated carbocycles. The lowest BCUT2D eigenvalue weighted by atomic mass is 10.1. The van der Waals surface area contributed by atoms with Crippen LogP contribution in [0.25, 0.3) is 0 Å². The van der Waals surface area contributed by atoms with E-state index in [4.69, 9.17) is 5.73 Å². The second-order valence-corrected chi connectivity index (χ2v) is 6.72. The van der Waals surface area contributed by atoms with Crippen LogP contribution in [-0.2, 0) is 21.0 Å². The number of rotatable bonds is 7. The van der Waals surface area contributed by atoms with E-state index in [1.165, 1.54) is 6.07 Å². The quantitative estimate of drug-likeness (QED) is 0.688. The van der Waals surface area contributed by atoms with Gasteiger partial charge in [0.2, 0.25) is 15.9 Å². The van der Waals surface area contributed by atoms with Gasteiger partial charge in [-0.3, -0.25) is 4.79 Å². The number of hydrogen-bond acceptors (Lipinski definition) is 4. The zero-order valence-electron chi connectivity index (χ0n) is 12.4. The van der Waals surface area contributed by atoms with Crippen molar-refractivity contribution in [3.8, 4) is 0 Å². The molecule has 6 nitrogen and oxygen atoms in total. The molecule has 23 heavy (non-hydrogen) atoms. The van der Waals surface area contributed by atoms with Crippen LogP contribution in [0.4, 0.5) is 18.9 Å². The lowest BCUT2D eigenvalue weighted by Crippen LogP contribution is -2.43. The third kappa shape index (κ3) is 6.97. The third-order valence-electron chi connectivity index (χ3n) is 2.83. The van der Waals surface area contributed by atoms with Crippen LogP contribution in [0.3, 0.4) is 0 Å². The summed E-state index contributed by atoms with van der Waals surface area (Å²) in [5, 5.41) is 2.28. The average Bonchev–Trinajstić information content (AvgIpc) is 2.41. The summed E-state index contributed by atoms with van der Waals surface area (Å²) in [5.41, 5.74) is 4.34. The van der Waals surface area contributed by atoms with Crippen LogP contribution in [0, 0.1) is 0 Å².